The molecule has 3 atom stereocenters. The Morgan fingerprint density at radius 2 is 2.12 bits per heavy atom. The largest absolute Gasteiger partial charge is 0.401 e. The van der Waals surface area contributed by atoms with Crippen LogP contribution < -0.4 is 5.32 Å². The van der Waals surface area contributed by atoms with Crippen molar-refractivity contribution in [2.24, 2.45) is 5.92 Å². The predicted molar refractivity (Wildman–Crippen MR) is 56.2 cm³/mol. The number of rotatable bonds is 4. The molecule has 0 amide bonds. The molecule has 1 aliphatic carbocycles. The Bertz CT molecular complexity index is 242. The number of halogens is 3. The van der Waals surface area contributed by atoms with Gasteiger partial charge in [0.05, 0.1) is 6.54 Å². The maximum atomic E-state index is 12.0. The standard InChI is InChI=1S/C11H19F3N2/c1-8(5-15-7-11(12,13)14)16-6-9-2-3-10(16)4-9/h8-10,15H,2-7H2,1H3. The molecular weight excluding hydrogens is 217 g/mol. The van der Waals surface area contributed by atoms with E-state index in [9.17, 15) is 13.2 Å². The first-order chi connectivity index (χ1) is 7.46. The predicted octanol–water partition coefficient (Wildman–Crippen LogP) is 2.01. The molecular formula is C11H19F3N2. The van der Waals surface area contributed by atoms with Gasteiger partial charge in [-0.15, -0.1) is 0 Å². The van der Waals surface area contributed by atoms with E-state index in [1.54, 1.807) is 0 Å². The van der Waals surface area contributed by atoms with Gasteiger partial charge in [-0.05, 0) is 32.1 Å². The zero-order chi connectivity index (χ0) is 11.8. The van der Waals surface area contributed by atoms with Crippen LogP contribution in [-0.2, 0) is 0 Å². The summed E-state index contributed by atoms with van der Waals surface area (Å²) < 4.78 is 35.9. The molecule has 94 valence electrons. The molecule has 2 rings (SSSR count). The van der Waals surface area contributed by atoms with Gasteiger partial charge in [-0.25, -0.2) is 0 Å². The van der Waals surface area contributed by atoms with Crippen LogP contribution in [0.5, 0.6) is 0 Å². The molecule has 0 aromatic carbocycles. The van der Waals surface area contributed by atoms with E-state index in [2.05, 4.69) is 10.2 Å². The normalized spacial score (nSPS) is 32.2. The van der Waals surface area contributed by atoms with Crippen molar-refractivity contribution in [1.82, 2.24) is 10.2 Å². The Balaban J connectivity index is 1.70. The van der Waals surface area contributed by atoms with Gasteiger partial charge in [-0.2, -0.15) is 13.2 Å². The molecule has 1 heterocycles. The first kappa shape index (κ1) is 12.2. The van der Waals surface area contributed by atoms with Gasteiger partial charge >= 0.3 is 6.18 Å². The first-order valence-corrected chi connectivity index (χ1v) is 5.99. The third kappa shape index (κ3) is 2.88. The number of hydrogen-bond acceptors (Lipinski definition) is 2. The summed E-state index contributed by atoms with van der Waals surface area (Å²) in [6.07, 6.45) is -0.300. The number of likely N-dealkylation sites (tertiary alicyclic amines) is 1. The highest BCUT2D eigenvalue weighted by molar-refractivity contribution is 4.94. The lowest BCUT2D eigenvalue weighted by molar-refractivity contribution is -0.125. The van der Waals surface area contributed by atoms with Crippen LogP contribution in [0, 0.1) is 5.92 Å². The summed E-state index contributed by atoms with van der Waals surface area (Å²) >= 11 is 0. The second-order valence-corrected chi connectivity index (χ2v) is 5.12. The van der Waals surface area contributed by atoms with E-state index < -0.39 is 12.7 Å². The first-order valence-electron chi connectivity index (χ1n) is 5.99. The number of nitrogens with zero attached hydrogens (tertiary/aromatic N) is 1. The van der Waals surface area contributed by atoms with Crippen LogP contribution in [0.15, 0.2) is 0 Å². The Kier molecular flexibility index (Phi) is 3.45. The summed E-state index contributed by atoms with van der Waals surface area (Å²) in [5.74, 6) is 0.801. The number of alkyl halides is 3. The van der Waals surface area contributed by atoms with E-state index >= 15 is 0 Å². The molecule has 1 aliphatic heterocycles. The number of fused-ring (bicyclic) bond motifs is 2. The van der Waals surface area contributed by atoms with Crippen LogP contribution in [0.4, 0.5) is 13.2 Å². The summed E-state index contributed by atoms with van der Waals surface area (Å²) in [5.41, 5.74) is 0. The lowest BCUT2D eigenvalue weighted by atomic mass is 10.1. The lowest BCUT2D eigenvalue weighted by Crippen LogP contribution is -2.46. The van der Waals surface area contributed by atoms with Crippen molar-refractivity contribution < 1.29 is 13.2 Å². The molecule has 0 spiro atoms. The SMILES string of the molecule is CC(CNCC(F)(F)F)N1CC2CCC1C2. The van der Waals surface area contributed by atoms with Gasteiger partial charge in [0.25, 0.3) is 0 Å². The highest BCUT2D eigenvalue weighted by Crippen LogP contribution is 2.38. The van der Waals surface area contributed by atoms with Crippen molar-refractivity contribution in [3.63, 3.8) is 0 Å². The summed E-state index contributed by atoms with van der Waals surface area (Å²) in [6, 6.07) is 0.852. The molecule has 2 fully saturated rings. The van der Waals surface area contributed by atoms with E-state index in [-0.39, 0.29) is 6.04 Å². The fraction of sp³-hybridized carbons (Fsp3) is 1.00. The fourth-order valence-corrected chi connectivity index (χ4v) is 3.04. The average molecular weight is 236 g/mol. The van der Waals surface area contributed by atoms with Crippen molar-refractivity contribution in [3.8, 4) is 0 Å². The molecule has 5 heteroatoms. The molecule has 1 saturated carbocycles. The van der Waals surface area contributed by atoms with E-state index in [0.717, 1.165) is 12.5 Å². The highest BCUT2D eigenvalue weighted by atomic mass is 19.4. The number of piperidine rings is 1. The summed E-state index contributed by atoms with van der Waals surface area (Å²) in [7, 11) is 0. The zero-order valence-corrected chi connectivity index (χ0v) is 9.56. The zero-order valence-electron chi connectivity index (χ0n) is 9.56. The lowest BCUT2D eigenvalue weighted by Gasteiger charge is -2.33. The van der Waals surface area contributed by atoms with E-state index in [1.165, 1.54) is 19.3 Å². The maximum absolute atomic E-state index is 12.0. The van der Waals surface area contributed by atoms with Crippen LogP contribution in [-0.4, -0.2) is 42.8 Å². The second kappa shape index (κ2) is 4.53. The van der Waals surface area contributed by atoms with Gasteiger partial charge < -0.3 is 5.32 Å². The minimum absolute atomic E-state index is 0.220. The van der Waals surface area contributed by atoms with Gasteiger partial charge in [0, 0.05) is 25.2 Å². The topological polar surface area (TPSA) is 15.3 Å². The molecule has 0 aromatic heterocycles. The molecule has 1 saturated heterocycles. The Labute approximate surface area is 94.2 Å². The smallest absolute Gasteiger partial charge is 0.307 e. The maximum Gasteiger partial charge on any atom is 0.401 e. The van der Waals surface area contributed by atoms with Crippen molar-refractivity contribution in [3.05, 3.63) is 0 Å². The summed E-state index contributed by atoms with van der Waals surface area (Å²) in [4.78, 5) is 2.37. The third-order valence-electron chi connectivity index (χ3n) is 3.78. The fourth-order valence-electron chi connectivity index (χ4n) is 3.04. The van der Waals surface area contributed by atoms with Crippen molar-refractivity contribution in [2.45, 2.75) is 44.4 Å². The number of nitrogens with one attached hydrogen (secondary N) is 1. The van der Waals surface area contributed by atoms with Crippen LogP contribution in [0.3, 0.4) is 0 Å². The van der Waals surface area contributed by atoms with E-state index in [4.69, 9.17) is 0 Å². The molecule has 2 bridgehead atoms. The van der Waals surface area contributed by atoms with Gasteiger partial charge in [0.15, 0.2) is 0 Å². The van der Waals surface area contributed by atoms with Crippen molar-refractivity contribution >= 4 is 0 Å². The summed E-state index contributed by atoms with van der Waals surface area (Å²) in [6.45, 7) is 2.66. The van der Waals surface area contributed by atoms with Gasteiger partial charge in [-0.3, -0.25) is 4.90 Å². The van der Waals surface area contributed by atoms with E-state index in [1.807, 2.05) is 6.92 Å². The Morgan fingerprint density at radius 1 is 1.38 bits per heavy atom. The Morgan fingerprint density at radius 3 is 2.62 bits per heavy atom. The van der Waals surface area contributed by atoms with Crippen molar-refractivity contribution in [1.29, 1.82) is 0 Å². The van der Waals surface area contributed by atoms with Gasteiger partial charge in [0.1, 0.15) is 0 Å². The quantitative estimate of drug-likeness (QED) is 0.803. The van der Waals surface area contributed by atoms with E-state index in [0.29, 0.717) is 12.6 Å². The molecule has 1 N–H and O–H groups in total. The Hall–Kier alpha value is -0.290. The van der Waals surface area contributed by atoms with Crippen LogP contribution in [0.1, 0.15) is 26.2 Å². The minimum Gasteiger partial charge on any atom is -0.307 e. The van der Waals surface area contributed by atoms with Crippen LogP contribution >= 0.6 is 0 Å². The van der Waals surface area contributed by atoms with Gasteiger partial charge in [0.2, 0.25) is 0 Å². The van der Waals surface area contributed by atoms with Crippen molar-refractivity contribution in [2.75, 3.05) is 19.6 Å². The molecule has 2 aliphatic rings. The molecule has 3 unspecified atom stereocenters. The monoisotopic (exact) mass is 236 g/mol. The number of hydrogen-bond donors (Lipinski definition) is 1. The van der Waals surface area contributed by atoms with Gasteiger partial charge in [-0.1, -0.05) is 0 Å². The molecule has 0 aromatic rings. The minimum atomic E-state index is -4.09. The molecule has 16 heavy (non-hydrogen) atoms. The third-order valence-corrected chi connectivity index (χ3v) is 3.78. The average Bonchev–Trinajstić information content (AvgIpc) is 2.76. The molecule has 0 radical (unpaired) electrons. The van der Waals surface area contributed by atoms with Crippen LogP contribution in [0.25, 0.3) is 0 Å². The van der Waals surface area contributed by atoms with Crippen LogP contribution in [0.2, 0.25) is 0 Å². The second-order valence-electron chi connectivity index (χ2n) is 5.12. The highest BCUT2D eigenvalue weighted by Gasteiger charge is 2.39. The molecule has 2 nitrogen and oxygen atoms in total. The summed E-state index contributed by atoms with van der Waals surface area (Å²) in [5, 5.41) is 2.49.